The normalized spacial score (nSPS) is 13.0. The van der Waals surface area contributed by atoms with Crippen molar-refractivity contribution in [1.82, 2.24) is 5.32 Å². The van der Waals surface area contributed by atoms with Crippen LogP contribution in [0.25, 0.3) is 0 Å². The highest BCUT2D eigenvalue weighted by molar-refractivity contribution is 6.17. The summed E-state index contributed by atoms with van der Waals surface area (Å²) in [6.45, 7) is 6.24. The van der Waals surface area contributed by atoms with Crippen molar-refractivity contribution in [3.8, 4) is 0 Å². The third kappa shape index (κ3) is 10.5. The largest absolute Gasteiger partial charge is 0.382 e. The number of methoxy groups -OCH3 is 1. The summed E-state index contributed by atoms with van der Waals surface area (Å²) in [5, 5.41) is 3.37. The number of alkyl halides is 1. The molecule has 0 radical (unpaired) electrons. The molecule has 0 spiro atoms. The molecule has 4 heteroatoms. The molecule has 0 fully saturated rings. The van der Waals surface area contributed by atoms with Crippen molar-refractivity contribution in [3.05, 3.63) is 0 Å². The zero-order chi connectivity index (χ0) is 11.4. The van der Waals surface area contributed by atoms with Gasteiger partial charge in [0.1, 0.15) is 0 Å². The van der Waals surface area contributed by atoms with Crippen LogP contribution in [-0.4, -0.2) is 45.9 Å². The Labute approximate surface area is 98.5 Å². The Hall–Kier alpha value is 0.170. The van der Waals surface area contributed by atoms with Crippen LogP contribution in [0.1, 0.15) is 19.8 Å². The first-order valence-corrected chi connectivity index (χ1v) is 6.22. The van der Waals surface area contributed by atoms with Gasteiger partial charge in [0, 0.05) is 19.5 Å². The highest BCUT2D eigenvalue weighted by Crippen LogP contribution is 2.07. The molecule has 0 aromatic heterocycles. The summed E-state index contributed by atoms with van der Waals surface area (Å²) in [4.78, 5) is 0. The zero-order valence-corrected chi connectivity index (χ0v) is 10.7. The van der Waals surface area contributed by atoms with Gasteiger partial charge in [-0.25, -0.2) is 0 Å². The molecule has 0 amide bonds. The van der Waals surface area contributed by atoms with Crippen LogP contribution in [0.15, 0.2) is 0 Å². The number of rotatable bonds is 11. The van der Waals surface area contributed by atoms with Gasteiger partial charge in [0.25, 0.3) is 0 Å². The highest BCUT2D eigenvalue weighted by atomic mass is 35.5. The molecule has 0 aliphatic rings. The van der Waals surface area contributed by atoms with E-state index in [0.29, 0.717) is 19.1 Å². The van der Waals surface area contributed by atoms with Crippen LogP contribution < -0.4 is 5.32 Å². The quantitative estimate of drug-likeness (QED) is 0.440. The van der Waals surface area contributed by atoms with E-state index in [1.165, 1.54) is 6.42 Å². The molecule has 0 aromatic carbocycles. The lowest BCUT2D eigenvalue weighted by Gasteiger charge is -2.14. The second-order valence-corrected chi connectivity index (χ2v) is 3.94. The summed E-state index contributed by atoms with van der Waals surface area (Å²) < 4.78 is 10.2. The number of hydrogen-bond donors (Lipinski definition) is 1. The topological polar surface area (TPSA) is 30.5 Å². The molecule has 0 rings (SSSR count). The van der Waals surface area contributed by atoms with Gasteiger partial charge in [-0.3, -0.25) is 0 Å². The number of ether oxygens (including phenoxy) is 2. The zero-order valence-electron chi connectivity index (χ0n) is 9.93. The summed E-state index contributed by atoms with van der Waals surface area (Å²) in [6, 6.07) is 0. The van der Waals surface area contributed by atoms with Crippen molar-refractivity contribution in [2.75, 3.05) is 45.9 Å². The lowest BCUT2D eigenvalue weighted by molar-refractivity contribution is 0.0716. The van der Waals surface area contributed by atoms with Gasteiger partial charge in [-0.05, 0) is 18.9 Å². The predicted molar refractivity (Wildman–Crippen MR) is 64.7 cm³/mol. The van der Waals surface area contributed by atoms with Crippen LogP contribution in [0.4, 0.5) is 0 Å². The molecular formula is C11H24ClNO2. The van der Waals surface area contributed by atoms with Gasteiger partial charge >= 0.3 is 0 Å². The first-order chi connectivity index (χ1) is 7.35. The fourth-order valence-electron chi connectivity index (χ4n) is 1.30. The van der Waals surface area contributed by atoms with Gasteiger partial charge in [0.15, 0.2) is 0 Å². The number of halogens is 1. The van der Waals surface area contributed by atoms with Crippen molar-refractivity contribution < 1.29 is 9.47 Å². The van der Waals surface area contributed by atoms with Gasteiger partial charge in [0.05, 0.1) is 19.8 Å². The van der Waals surface area contributed by atoms with Gasteiger partial charge in [-0.15, -0.1) is 11.6 Å². The van der Waals surface area contributed by atoms with E-state index >= 15 is 0 Å². The Morgan fingerprint density at radius 1 is 1.27 bits per heavy atom. The van der Waals surface area contributed by atoms with E-state index in [1.807, 2.05) is 0 Å². The third-order valence-electron chi connectivity index (χ3n) is 2.38. The fraction of sp³-hybridized carbons (Fsp3) is 1.00. The van der Waals surface area contributed by atoms with Crippen molar-refractivity contribution >= 4 is 11.6 Å². The summed E-state index contributed by atoms with van der Waals surface area (Å²) >= 11 is 5.71. The SMILES string of the molecule is CCC(CCCl)CNCCOCCOC. The molecule has 0 aliphatic heterocycles. The van der Waals surface area contributed by atoms with Crippen molar-refractivity contribution in [2.24, 2.45) is 5.92 Å². The first kappa shape index (κ1) is 15.2. The lowest BCUT2D eigenvalue weighted by atomic mass is 10.0. The van der Waals surface area contributed by atoms with Crippen molar-refractivity contribution in [3.63, 3.8) is 0 Å². The smallest absolute Gasteiger partial charge is 0.0700 e. The summed E-state index contributed by atoms with van der Waals surface area (Å²) in [7, 11) is 1.68. The minimum absolute atomic E-state index is 0.670. The molecule has 0 heterocycles. The van der Waals surface area contributed by atoms with E-state index in [4.69, 9.17) is 21.1 Å². The number of nitrogens with one attached hydrogen (secondary N) is 1. The van der Waals surface area contributed by atoms with E-state index in [1.54, 1.807) is 7.11 Å². The molecule has 92 valence electrons. The molecule has 0 aromatic rings. The third-order valence-corrected chi connectivity index (χ3v) is 2.60. The van der Waals surface area contributed by atoms with Crippen LogP contribution in [-0.2, 0) is 9.47 Å². The highest BCUT2D eigenvalue weighted by Gasteiger charge is 2.03. The van der Waals surface area contributed by atoms with Crippen molar-refractivity contribution in [1.29, 1.82) is 0 Å². The number of hydrogen-bond acceptors (Lipinski definition) is 3. The molecular weight excluding hydrogens is 214 g/mol. The monoisotopic (exact) mass is 237 g/mol. The van der Waals surface area contributed by atoms with E-state index < -0.39 is 0 Å². The van der Waals surface area contributed by atoms with Crippen LogP contribution in [0.3, 0.4) is 0 Å². The molecule has 0 saturated carbocycles. The van der Waals surface area contributed by atoms with Gasteiger partial charge in [0.2, 0.25) is 0 Å². The van der Waals surface area contributed by atoms with Crippen LogP contribution in [0.5, 0.6) is 0 Å². The second-order valence-electron chi connectivity index (χ2n) is 3.56. The molecule has 0 aliphatic carbocycles. The summed E-state index contributed by atoms with van der Waals surface area (Å²) in [5.41, 5.74) is 0. The molecule has 3 nitrogen and oxygen atoms in total. The average Bonchev–Trinajstić information content (AvgIpc) is 2.26. The molecule has 1 unspecified atom stereocenters. The van der Waals surface area contributed by atoms with E-state index in [-0.39, 0.29) is 0 Å². The van der Waals surface area contributed by atoms with Crippen molar-refractivity contribution in [2.45, 2.75) is 19.8 Å². The minimum Gasteiger partial charge on any atom is -0.382 e. The standard InChI is InChI=1S/C11H24ClNO2/c1-3-11(4-5-12)10-13-6-7-15-9-8-14-2/h11,13H,3-10H2,1-2H3. The average molecular weight is 238 g/mol. The maximum absolute atomic E-state index is 5.71. The Morgan fingerprint density at radius 2 is 2.07 bits per heavy atom. The predicted octanol–water partition coefficient (Wildman–Crippen LogP) is 1.89. The first-order valence-electron chi connectivity index (χ1n) is 5.68. The Morgan fingerprint density at radius 3 is 2.67 bits per heavy atom. The van der Waals surface area contributed by atoms with E-state index in [9.17, 15) is 0 Å². The van der Waals surface area contributed by atoms with Gasteiger partial charge < -0.3 is 14.8 Å². The molecule has 1 N–H and O–H groups in total. The molecule has 1 atom stereocenters. The maximum Gasteiger partial charge on any atom is 0.0700 e. The Bertz CT molecular complexity index is 125. The molecule has 0 bridgehead atoms. The van der Waals surface area contributed by atoms with Crippen LogP contribution in [0.2, 0.25) is 0 Å². The summed E-state index contributed by atoms with van der Waals surface area (Å²) in [6.07, 6.45) is 2.28. The van der Waals surface area contributed by atoms with Gasteiger partial charge in [-0.2, -0.15) is 0 Å². The summed E-state index contributed by atoms with van der Waals surface area (Å²) in [5.74, 6) is 1.45. The minimum atomic E-state index is 0.670. The van der Waals surface area contributed by atoms with E-state index in [2.05, 4.69) is 12.2 Å². The lowest BCUT2D eigenvalue weighted by Crippen LogP contribution is -2.26. The molecule has 15 heavy (non-hydrogen) atoms. The Kier molecular flexibility index (Phi) is 12.4. The Balaban J connectivity index is 3.14. The van der Waals surface area contributed by atoms with Gasteiger partial charge in [-0.1, -0.05) is 13.3 Å². The maximum atomic E-state index is 5.71. The van der Waals surface area contributed by atoms with Crippen LogP contribution >= 0.6 is 11.6 Å². The van der Waals surface area contributed by atoms with E-state index in [0.717, 1.165) is 32.0 Å². The second kappa shape index (κ2) is 12.2. The van der Waals surface area contributed by atoms with Crippen LogP contribution in [0, 0.1) is 5.92 Å². The fourth-order valence-corrected chi connectivity index (χ4v) is 1.61. The molecule has 0 saturated heterocycles.